The van der Waals surface area contributed by atoms with Gasteiger partial charge < -0.3 is 19.5 Å². The number of hydrogen-bond acceptors (Lipinski definition) is 4. The zero-order valence-corrected chi connectivity index (χ0v) is 16.7. The first-order valence-corrected chi connectivity index (χ1v) is 9.80. The topological polar surface area (TPSA) is 66.8 Å². The van der Waals surface area contributed by atoms with E-state index in [0.29, 0.717) is 34.7 Å². The van der Waals surface area contributed by atoms with Crippen molar-refractivity contribution >= 4 is 22.6 Å². The molecule has 0 saturated carbocycles. The summed E-state index contributed by atoms with van der Waals surface area (Å²) in [5.41, 5.74) is 2.40. The second kappa shape index (κ2) is 8.13. The number of benzene rings is 1. The van der Waals surface area contributed by atoms with Crippen LogP contribution in [0.25, 0.3) is 10.9 Å². The number of nitrogens with zero attached hydrogens (tertiary/aromatic N) is 1. The fourth-order valence-electron chi connectivity index (χ4n) is 3.88. The average molecular weight is 372 g/mol. The van der Waals surface area contributed by atoms with E-state index in [4.69, 9.17) is 4.74 Å². The molecule has 1 fully saturated rings. The van der Waals surface area contributed by atoms with Gasteiger partial charge in [-0.2, -0.15) is 0 Å². The molecule has 1 saturated heterocycles. The van der Waals surface area contributed by atoms with Crippen LogP contribution in [0.3, 0.4) is 0 Å². The smallest absolute Gasteiger partial charge is 0.355 e. The molecule has 146 valence electrons. The van der Waals surface area contributed by atoms with Crippen molar-refractivity contribution in [3.63, 3.8) is 0 Å². The summed E-state index contributed by atoms with van der Waals surface area (Å²) < 4.78 is 5.22. The number of piperidine rings is 1. The highest BCUT2D eigenvalue weighted by atomic mass is 16.5. The summed E-state index contributed by atoms with van der Waals surface area (Å²) in [5.74, 6) is -0.452. The summed E-state index contributed by atoms with van der Waals surface area (Å²) in [5, 5.41) is 0.619. The van der Waals surface area contributed by atoms with E-state index in [-0.39, 0.29) is 12.0 Å². The molecule has 2 N–H and O–H groups in total. The lowest BCUT2D eigenvalue weighted by Crippen LogP contribution is -3.15. The lowest BCUT2D eigenvalue weighted by Gasteiger charge is -2.30. The Hall–Kier alpha value is -2.34. The highest BCUT2D eigenvalue weighted by Gasteiger charge is 2.27. The minimum absolute atomic E-state index is 0.0687. The molecular weight excluding hydrogens is 342 g/mol. The van der Waals surface area contributed by atoms with Crippen LogP contribution in [0.4, 0.5) is 5.69 Å². The predicted octanol–water partition coefficient (Wildman–Crippen LogP) is 1.73. The number of carbonyl (C=O) groups excluding carboxylic acids is 1. The molecule has 2 heterocycles. The number of likely N-dealkylation sites (tertiary alicyclic amines) is 1. The Balaban J connectivity index is 2.13. The minimum atomic E-state index is -0.452. The van der Waals surface area contributed by atoms with Gasteiger partial charge in [0.15, 0.2) is 5.43 Å². The predicted molar refractivity (Wildman–Crippen MR) is 108 cm³/mol. The van der Waals surface area contributed by atoms with Crippen LogP contribution in [-0.2, 0) is 11.3 Å². The molecule has 1 aromatic heterocycles. The van der Waals surface area contributed by atoms with Gasteiger partial charge in [-0.25, -0.2) is 4.79 Å². The van der Waals surface area contributed by atoms with Crippen molar-refractivity contribution in [2.24, 2.45) is 0 Å². The Morgan fingerprint density at radius 1 is 1.33 bits per heavy atom. The maximum atomic E-state index is 13.4. The molecule has 27 heavy (non-hydrogen) atoms. The van der Waals surface area contributed by atoms with Crippen LogP contribution < -0.4 is 15.2 Å². The molecule has 0 bridgehead atoms. The van der Waals surface area contributed by atoms with Crippen LogP contribution in [0, 0.1) is 0 Å². The highest BCUT2D eigenvalue weighted by Crippen LogP contribution is 2.19. The second-order valence-electron chi connectivity index (χ2n) is 7.63. The number of ether oxygens (including phenoxy) is 1. The molecule has 2 aromatic rings. The number of aromatic nitrogens is 1. The molecule has 1 unspecified atom stereocenters. The van der Waals surface area contributed by atoms with Crippen LogP contribution in [0.1, 0.15) is 49.2 Å². The fourth-order valence-corrected chi connectivity index (χ4v) is 3.88. The number of aromatic amines is 1. The summed E-state index contributed by atoms with van der Waals surface area (Å²) >= 11 is 0. The number of quaternary nitrogens is 1. The van der Waals surface area contributed by atoms with E-state index in [1.807, 2.05) is 37.2 Å². The van der Waals surface area contributed by atoms with Gasteiger partial charge in [-0.3, -0.25) is 4.79 Å². The van der Waals surface area contributed by atoms with E-state index < -0.39 is 5.97 Å². The molecule has 2 atom stereocenters. The van der Waals surface area contributed by atoms with E-state index in [9.17, 15) is 9.59 Å². The van der Waals surface area contributed by atoms with Gasteiger partial charge in [0, 0.05) is 25.2 Å². The number of esters is 1. The number of rotatable bonds is 5. The van der Waals surface area contributed by atoms with Crippen molar-refractivity contribution in [1.29, 1.82) is 0 Å². The van der Waals surface area contributed by atoms with Gasteiger partial charge >= 0.3 is 5.97 Å². The molecule has 0 aliphatic carbocycles. The van der Waals surface area contributed by atoms with Crippen LogP contribution in [-0.4, -0.2) is 44.2 Å². The quantitative estimate of drug-likeness (QED) is 0.785. The van der Waals surface area contributed by atoms with Crippen LogP contribution in [0.15, 0.2) is 23.0 Å². The lowest BCUT2D eigenvalue weighted by molar-refractivity contribution is -0.942. The van der Waals surface area contributed by atoms with Crippen LogP contribution in [0.5, 0.6) is 0 Å². The monoisotopic (exact) mass is 372 g/mol. The molecule has 1 aromatic carbocycles. The first-order valence-electron chi connectivity index (χ1n) is 9.80. The van der Waals surface area contributed by atoms with E-state index >= 15 is 0 Å². The molecule has 1 aliphatic heterocycles. The van der Waals surface area contributed by atoms with Gasteiger partial charge in [0.2, 0.25) is 0 Å². The molecular formula is C21H30N3O3+. The molecule has 0 amide bonds. The summed E-state index contributed by atoms with van der Waals surface area (Å²) in [7, 11) is 3.89. The highest BCUT2D eigenvalue weighted by molar-refractivity contribution is 5.93. The van der Waals surface area contributed by atoms with Crippen molar-refractivity contribution in [3.8, 4) is 0 Å². The van der Waals surface area contributed by atoms with Gasteiger partial charge in [-0.15, -0.1) is 0 Å². The Kier molecular flexibility index (Phi) is 5.85. The van der Waals surface area contributed by atoms with Crippen LogP contribution in [0.2, 0.25) is 0 Å². The summed E-state index contributed by atoms with van der Waals surface area (Å²) in [4.78, 5) is 32.4. The minimum Gasteiger partial charge on any atom is -0.461 e. The van der Waals surface area contributed by atoms with Crippen molar-refractivity contribution in [2.45, 2.75) is 45.7 Å². The molecule has 0 radical (unpaired) electrons. The summed E-state index contributed by atoms with van der Waals surface area (Å²) in [6.45, 7) is 5.85. The SMILES string of the molecule is CCOC(=O)c1[nH]c2ccc(N(C)C)cc2c(=O)c1C[NH+]1CCCC[C@H]1C. The van der Waals surface area contributed by atoms with E-state index in [2.05, 4.69) is 11.9 Å². The number of hydrogen-bond donors (Lipinski definition) is 2. The maximum absolute atomic E-state index is 13.4. The number of nitrogens with one attached hydrogen (secondary N) is 2. The van der Waals surface area contributed by atoms with Crippen LogP contribution >= 0.6 is 0 Å². The van der Waals surface area contributed by atoms with E-state index in [1.54, 1.807) is 6.92 Å². The normalized spacial score (nSPS) is 19.9. The molecule has 1 aliphatic rings. The summed E-state index contributed by atoms with van der Waals surface area (Å²) in [6.07, 6.45) is 3.54. The Morgan fingerprint density at radius 3 is 2.78 bits per heavy atom. The molecule has 0 spiro atoms. The Bertz CT molecular complexity index is 888. The third-order valence-electron chi connectivity index (χ3n) is 5.57. The van der Waals surface area contributed by atoms with Gasteiger partial charge in [0.25, 0.3) is 0 Å². The maximum Gasteiger partial charge on any atom is 0.355 e. The number of pyridine rings is 1. The van der Waals surface area contributed by atoms with E-state index in [0.717, 1.165) is 25.1 Å². The third kappa shape index (κ3) is 4.00. The molecule has 6 nitrogen and oxygen atoms in total. The standard InChI is InChI=1S/C21H29N3O3/c1-5-27-21(26)19-17(13-24-11-7-6-8-14(24)2)20(25)16-12-15(23(3)4)9-10-18(16)22-19/h9-10,12,14H,5-8,11,13H2,1-4H3,(H,22,25)/p+1/t14-/m1/s1. The van der Waals surface area contributed by atoms with Crippen molar-refractivity contribution in [2.75, 3.05) is 32.1 Å². The van der Waals surface area contributed by atoms with Crippen molar-refractivity contribution < 1.29 is 14.4 Å². The fraction of sp³-hybridized carbons (Fsp3) is 0.524. The van der Waals surface area contributed by atoms with Gasteiger partial charge in [-0.1, -0.05) is 0 Å². The molecule has 3 rings (SSSR count). The van der Waals surface area contributed by atoms with Gasteiger partial charge in [0.1, 0.15) is 12.2 Å². The second-order valence-corrected chi connectivity index (χ2v) is 7.63. The number of anilines is 1. The average Bonchev–Trinajstić information content (AvgIpc) is 2.65. The lowest BCUT2D eigenvalue weighted by atomic mass is 10.0. The van der Waals surface area contributed by atoms with Gasteiger partial charge in [-0.05, 0) is 51.3 Å². The first kappa shape index (κ1) is 19.4. The largest absolute Gasteiger partial charge is 0.461 e. The van der Waals surface area contributed by atoms with Gasteiger partial charge in [0.05, 0.1) is 30.3 Å². The molecule has 6 heteroatoms. The Labute approximate surface area is 160 Å². The van der Waals surface area contributed by atoms with Crippen molar-refractivity contribution in [3.05, 3.63) is 39.7 Å². The first-order chi connectivity index (χ1) is 12.9. The Morgan fingerprint density at radius 2 is 2.11 bits per heavy atom. The zero-order valence-electron chi connectivity index (χ0n) is 16.7. The summed E-state index contributed by atoms with van der Waals surface area (Å²) in [6, 6.07) is 6.17. The van der Waals surface area contributed by atoms with Crippen molar-refractivity contribution in [1.82, 2.24) is 4.98 Å². The van der Waals surface area contributed by atoms with E-state index in [1.165, 1.54) is 11.3 Å². The number of fused-ring (bicyclic) bond motifs is 1. The third-order valence-corrected chi connectivity index (χ3v) is 5.57. The number of carbonyl (C=O) groups is 1. The number of H-pyrrole nitrogens is 1. The zero-order chi connectivity index (χ0) is 19.6.